The smallest absolute Gasteiger partial charge is 0.262 e. The Morgan fingerprint density at radius 1 is 1.33 bits per heavy atom. The van der Waals surface area contributed by atoms with Crippen LogP contribution < -0.4 is 0 Å². The molecule has 5 nitrogen and oxygen atoms in total. The van der Waals surface area contributed by atoms with Crippen LogP contribution in [0.2, 0.25) is 0 Å². The molecule has 0 aliphatic carbocycles. The third-order valence-corrected chi connectivity index (χ3v) is 2.67. The Bertz CT molecular complexity index is 267. The van der Waals surface area contributed by atoms with Crippen molar-refractivity contribution in [1.82, 2.24) is 4.90 Å². The third kappa shape index (κ3) is 2.35. The van der Waals surface area contributed by atoms with Crippen molar-refractivity contribution < 1.29 is 19.8 Å². The molecule has 1 fully saturated rings. The minimum atomic E-state index is -2.10. The number of aliphatic hydroxyl groups is 2. The average Bonchev–Trinajstić information content (AvgIpc) is 2.67. The molecule has 0 bridgehead atoms. The van der Waals surface area contributed by atoms with E-state index in [1.165, 1.54) is 11.8 Å². The average molecular weight is 215 g/mol. The molecule has 0 saturated carbocycles. The number of Topliss-reactive ketones (excluding diaryl/α,β-unsaturated/α-hetero) is 1. The first kappa shape index (κ1) is 12.1. The number of nitrogens with zero attached hydrogens (tertiary/aromatic N) is 1. The molecule has 1 heterocycles. The lowest BCUT2D eigenvalue weighted by Crippen LogP contribution is -2.54. The SMILES string of the molecule is C[C@H](O)C(=O)[C@](C)(O)C(=O)N1CCCC1. The molecule has 0 aromatic rings. The first-order chi connectivity index (χ1) is 6.87. The van der Waals surface area contributed by atoms with E-state index in [-0.39, 0.29) is 0 Å². The molecule has 0 radical (unpaired) electrons. The fourth-order valence-electron chi connectivity index (χ4n) is 1.74. The number of hydrogen-bond acceptors (Lipinski definition) is 4. The molecule has 15 heavy (non-hydrogen) atoms. The number of hydrogen-bond donors (Lipinski definition) is 2. The lowest BCUT2D eigenvalue weighted by molar-refractivity contribution is -0.161. The number of aliphatic hydroxyl groups excluding tert-OH is 1. The molecule has 0 aromatic heterocycles. The van der Waals surface area contributed by atoms with Crippen LogP contribution in [0.4, 0.5) is 0 Å². The van der Waals surface area contributed by atoms with Crippen molar-refractivity contribution in [2.45, 2.75) is 38.4 Å². The summed E-state index contributed by atoms with van der Waals surface area (Å²) in [6, 6.07) is 0. The van der Waals surface area contributed by atoms with Gasteiger partial charge in [-0.1, -0.05) is 0 Å². The van der Waals surface area contributed by atoms with E-state index in [0.717, 1.165) is 19.8 Å². The van der Waals surface area contributed by atoms with Crippen LogP contribution in [0.3, 0.4) is 0 Å². The van der Waals surface area contributed by atoms with E-state index < -0.39 is 23.4 Å². The molecule has 0 unspecified atom stereocenters. The van der Waals surface area contributed by atoms with Crippen molar-refractivity contribution in [2.24, 2.45) is 0 Å². The van der Waals surface area contributed by atoms with Gasteiger partial charge < -0.3 is 15.1 Å². The number of rotatable bonds is 3. The first-order valence-corrected chi connectivity index (χ1v) is 5.11. The van der Waals surface area contributed by atoms with E-state index in [9.17, 15) is 14.7 Å². The fourth-order valence-corrected chi connectivity index (χ4v) is 1.74. The number of ketones is 1. The Hall–Kier alpha value is -0.940. The second kappa shape index (κ2) is 4.28. The van der Waals surface area contributed by atoms with Crippen molar-refractivity contribution in [3.8, 4) is 0 Å². The van der Waals surface area contributed by atoms with Crippen LogP contribution in [0.15, 0.2) is 0 Å². The van der Waals surface area contributed by atoms with Crippen LogP contribution >= 0.6 is 0 Å². The highest BCUT2D eigenvalue weighted by Crippen LogP contribution is 2.17. The molecule has 1 aliphatic rings. The Morgan fingerprint density at radius 3 is 2.20 bits per heavy atom. The fraction of sp³-hybridized carbons (Fsp3) is 0.800. The van der Waals surface area contributed by atoms with Gasteiger partial charge in [-0.05, 0) is 26.7 Å². The van der Waals surface area contributed by atoms with E-state index in [4.69, 9.17) is 5.11 Å². The molecule has 2 N–H and O–H groups in total. The molecule has 1 aliphatic heterocycles. The van der Waals surface area contributed by atoms with Gasteiger partial charge in [-0.2, -0.15) is 0 Å². The second-order valence-electron chi connectivity index (χ2n) is 4.11. The highest BCUT2D eigenvalue weighted by molar-refractivity contribution is 6.10. The predicted octanol–water partition coefficient (Wildman–Crippen LogP) is -0.690. The van der Waals surface area contributed by atoms with E-state index in [0.29, 0.717) is 13.1 Å². The summed E-state index contributed by atoms with van der Waals surface area (Å²) >= 11 is 0. The van der Waals surface area contributed by atoms with Crippen molar-refractivity contribution in [2.75, 3.05) is 13.1 Å². The van der Waals surface area contributed by atoms with Gasteiger partial charge in [0.25, 0.3) is 5.91 Å². The number of likely N-dealkylation sites (tertiary alicyclic amines) is 1. The maximum Gasteiger partial charge on any atom is 0.262 e. The zero-order chi connectivity index (χ0) is 11.6. The van der Waals surface area contributed by atoms with E-state index >= 15 is 0 Å². The molecule has 1 rings (SSSR count). The Kier molecular flexibility index (Phi) is 3.46. The number of carbonyl (C=O) groups excluding carboxylic acids is 2. The van der Waals surface area contributed by atoms with Crippen LogP contribution in [-0.2, 0) is 9.59 Å². The highest BCUT2D eigenvalue weighted by atomic mass is 16.3. The molecule has 1 amide bonds. The summed E-state index contributed by atoms with van der Waals surface area (Å²) in [6.45, 7) is 3.53. The minimum Gasteiger partial charge on any atom is -0.385 e. The van der Waals surface area contributed by atoms with E-state index in [1.807, 2.05) is 0 Å². The minimum absolute atomic E-state index is 0.572. The van der Waals surface area contributed by atoms with Crippen LogP contribution in [-0.4, -0.2) is 51.6 Å². The molecule has 5 heteroatoms. The summed E-state index contributed by atoms with van der Waals surface area (Å²) in [5, 5.41) is 18.8. The lowest BCUT2D eigenvalue weighted by atomic mass is 9.96. The quantitative estimate of drug-likeness (QED) is 0.611. The lowest BCUT2D eigenvalue weighted by Gasteiger charge is -2.27. The van der Waals surface area contributed by atoms with Gasteiger partial charge in [0, 0.05) is 13.1 Å². The Labute approximate surface area is 88.7 Å². The summed E-state index contributed by atoms with van der Waals surface area (Å²) in [5.41, 5.74) is -2.10. The van der Waals surface area contributed by atoms with Crippen molar-refractivity contribution in [1.29, 1.82) is 0 Å². The molecule has 86 valence electrons. The summed E-state index contributed by atoms with van der Waals surface area (Å²) in [5.74, 6) is -1.45. The van der Waals surface area contributed by atoms with Gasteiger partial charge in [-0.3, -0.25) is 9.59 Å². The summed E-state index contributed by atoms with van der Waals surface area (Å²) in [6.07, 6.45) is 0.460. The molecule has 2 atom stereocenters. The van der Waals surface area contributed by atoms with Gasteiger partial charge in [0.05, 0.1) is 0 Å². The van der Waals surface area contributed by atoms with Crippen LogP contribution in [0.25, 0.3) is 0 Å². The third-order valence-electron chi connectivity index (χ3n) is 2.67. The number of carbonyl (C=O) groups is 2. The molecule has 0 aromatic carbocycles. The Balaban J connectivity index is 2.75. The van der Waals surface area contributed by atoms with Crippen LogP contribution in [0, 0.1) is 0 Å². The monoisotopic (exact) mass is 215 g/mol. The van der Waals surface area contributed by atoms with E-state index in [2.05, 4.69) is 0 Å². The molecular formula is C10H17NO4. The summed E-state index contributed by atoms with van der Waals surface area (Å²) in [4.78, 5) is 24.6. The van der Waals surface area contributed by atoms with Gasteiger partial charge >= 0.3 is 0 Å². The van der Waals surface area contributed by atoms with E-state index in [1.54, 1.807) is 0 Å². The van der Waals surface area contributed by atoms with Crippen molar-refractivity contribution >= 4 is 11.7 Å². The van der Waals surface area contributed by atoms with Gasteiger partial charge in [0.2, 0.25) is 11.4 Å². The second-order valence-corrected chi connectivity index (χ2v) is 4.11. The largest absolute Gasteiger partial charge is 0.385 e. The van der Waals surface area contributed by atoms with Crippen molar-refractivity contribution in [3.05, 3.63) is 0 Å². The standard InChI is InChI=1S/C10H17NO4/c1-7(12)8(13)10(2,15)9(14)11-5-3-4-6-11/h7,12,15H,3-6H2,1-2H3/t7-,10-/m0/s1. The summed E-state index contributed by atoms with van der Waals surface area (Å²) in [7, 11) is 0. The zero-order valence-corrected chi connectivity index (χ0v) is 9.06. The highest BCUT2D eigenvalue weighted by Gasteiger charge is 2.43. The van der Waals surface area contributed by atoms with Crippen LogP contribution in [0.5, 0.6) is 0 Å². The topological polar surface area (TPSA) is 77.8 Å². The molecular weight excluding hydrogens is 198 g/mol. The van der Waals surface area contributed by atoms with Gasteiger partial charge in [-0.25, -0.2) is 0 Å². The molecule has 1 saturated heterocycles. The normalized spacial score (nSPS) is 22.3. The summed E-state index contributed by atoms with van der Waals surface area (Å²) < 4.78 is 0. The molecule has 0 spiro atoms. The maximum atomic E-state index is 11.8. The maximum absolute atomic E-state index is 11.8. The first-order valence-electron chi connectivity index (χ1n) is 5.11. The van der Waals surface area contributed by atoms with Gasteiger partial charge in [0.1, 0.15) is 6.10 Å². The Morgan fingerprint density at radius 2 is 1.80 bits per heavy atom. The van der Waals surface area contributed by atoms with Crippen molar-refractivity contribution in [3.63, 3.8) is 0 Å². The van der Waals surface area contributed by atoms with Gasteiger partial charge in [0.15, 0.2) is 0 Å². The van der Waals surface area contributed by atoms with Gasteiger partial charge in [-0.15, -0.1) is 0 Å². The predicted molar refractivity (Wildman–Crippen MR) is 53.1 cm³/mol. The number of amides is 1. The zero-order valence-electron chi connectivity index (χ0n) is 9.06. The van der Waals surface area contributed by atoms with Crippen LogP contribution in [0.1, 0.15) is 26.7 Å².